The SMILES string of the molecule is CCCN(CCC)c1ccc(NC(=O)Cc2ccc(OC)c(OC)c2)nc1. The summed E-state index contributed by atoms with van der Waals surface area (Å²) in [5, 5.41) is 2.85. The largest absolute Gasteiger partial charge is 0.493 e. The highest BCUT2D eigenvalue weighted by molar-refractivity contribution is 5.91. The quantitative estimate of drug-likeness (QED) is 0.686. The lowest BCUT2D eigenvalue weighted by Crippen LogP contribution is -2.25. The normalized spacial score (nSPS) is 10.4. The van der Waals surface area contributed by atoms with E-state index in [2.05, 4.69) is 29.0 Å². The molecule has 1 heterocycles. The molecular formula is C21H29N3O3. The van der Waals surface area contributed by atoms with E-state index in [1.807, 2.05) is 30.5 Å². The zero-order valence-electron chi connectivity index (χ0n) is 16.6. The number of carbonyl (C=O) groups is 1. The fourth-order valence-corrected chi connectivity index (χ4v) is 2.92. The number of nitrogens with zero attached hydrogens (tertiary/aromatic N) is 2. The van der Waals surface area contributed by atoms with Gasteiger partial charge in [0.1, 0.15) is 5.82 Å². The Kier molecular flexibility index (Phi) is 7.92. The summed E-state index contributed by atoms with van der Waals surface area (Å²) in [5.41, 5.74) is 1.93. The summed E-state index contributed by atoms with van der Waals surface area (Å²) < 4.78 is 10.5. The van der Waals surface area contributed by atoms with Gasteiger partial charge in [0.2, 0.25) is 5.91 Å². The lowest BCUT2D eigenvalue weighted by molar-refractivity contribution is -0.115. The van der Waals surface area contributed by atoms with Crippen LogP contribution < -0.4 is 19.7 Å². The van der Waals surface area contributed by atoms with Crippen molar-refractivity contribution in [3.05, 3.63) is 42.1 Å². The molecule has 1 N–H and O–H groups in total. The highest BCUT2D eigenvalue weighted by atomic mass is 16.5. The second-order valence-electron chi connectivity index (χ2n) is 6.30. The maximum atomic E-state index is 12.3. The van der Waals surface area contributed by atoms with Gasteiger partial charge < -0.3 is 19.7 Å². The van der Waals surface area contributed by atoms with Crippen molar-refractivity contribution in [3.8, 4) is 11.5 Å². The van der Waals surface area contributed by atoms with Crippen LogP contribution in [0.15, 0.2) is 36.5 Å². The van der Waals surface area contributed by atoms with Gasteiger partial charge in [0.15, 0.2) is 11.5 Å². The number of hydrogen-bond donors (Lipinski definition) is 1. The highest BCUT2D eigenvalue weighted by Gasteiger charge is 2.10. The summed E-state index contributed by atoms with van der Waals surface area (Å²) in [6.45, 7) is 6.33. The Morgan fingerprint density at radius 3 is 2.30 bits per heavy atom. The number of hydrogen-bond acceptors (Lipinski definition) is 5. The van der Waals surface area contributed by atoms with Crippen molar-refractivity contribution in [2.24, 2.45) is 0 Å². The van der Waals surface area contributed by atoms with E-state index in [1.165, 1.54) is 0 Å². The predicted molar refractivity (Wildman–Crippen MR) is 109 cm³/mol. The van der Waals surface area contributed by atoms with Gasteiger partial charge in [0, 0.05) is 13.1 Å². The van der Waals surface area contributed by atoms with Gasteiger partial charge in [-0.15, -0.1) is 0 Å². The number of aromatic nitrogens is 1. The minimum atomic E-state index is -0.124. The van der Waals surface area contributed by atoms with Crippen LogP contribution in [0.2, 0.25) is 0 Å². The van der Waals surface area contributed by atoms with Crippen LogP contribution in [0.3, 0.4) is 0 Å². The molecular weight excluding hydrogens is 342 g/mol. The Morgan fingerprint density at radius 1 is 1.04 bits per heavy atom. The van der Waals surface area contributed by atoms with Gasteiger partial charge in [-0.05, 0) is 42.7 Å². The van der Waals surface area contributed by atoms with Crippen LogP contribution >= 0.6 is 0 Å². The zero-order valence-corrected chi connectivity index (χ0v) is 16.6. The summed E-state index contributed by atoms with van der Waals surface area (Å²) >= 11 is 0. The molecule has 0 aliphatic rings. The first-order valence-corrected chi connectivity index (χ1v) is 9.33. The van der Waals surface area contributed by atoms with E-state index in [-0.39, 0.29) is 12.3 Å². The third-order valence-electron chi connectivity index (χ3n) is 4.18. The molecule has 1 aromatic carbocycles. The molecule has 27 heavy (non-hydrogen) atoms. The number of carbonyl (C=O) groups excluding carboxylic acids is 1. The number of anilines is 2. The third-order valence-corrected chi connectivity index (χ3v) is 4.18. The second kappa shape index (κ2) is 10.4. The summed E-state index contributed by atoms with van der Waals surface area (Å²) in [5.74, 6) is 1.68. The van der Waals surface area contributed by atoms with Crippen LogP contribution in [0.5, 0.6) is 11.5 Å². The topological polar surface area (TPSA) is 63.7 Å². The molecule has 0 fully saturated rings. The third kappa shape index (κ3) is 5.88. The van der Waals surface area contributed by atoms with Gasteiger partial charge in [0.25, 0.3) is 0 Å². The van der Waals surface area contributed by atoms with E-state index >= 15 is 0 Å². The van der Waals surface area contributed by atoms with E-state index in [1.54, 1.807) is 20.3 Å². The molecule has 0 radical (unpaired) electrons. The number of benzene rings is 1. The molecule has 1 aromatic heterocycles. The minimum Gasteiger partial charge on any atom is -0.493 e. The highest BCUT2D eigenvalue weighted by Crippen LogP contribution is 2.27. The molecule has 146 valence electrons. The molecule has 6 heteroatoms. The zero-order chi connectivity index (χ0) is 19.6. The fraction of sp³-hybridized carbons (Fsp3) is 0.429. The van der Waals surface area contributed by atoms with Crippen molar-refractivity contribution >= 4 is 17.4 Å². The van der Waals surface area contributed by atoms with Crippen molar-refractivity contribution in [2.45, 2.75) is 33.1 Å². The lowest BCUT2D eigenvalue weighted by Gasteiger charge is -2.23. The number of amides is 1. The van der Waals surface area contributed by atoms with Crippen molar-refractivity contribution in [1.82, 2.24) is 4.98 Å². The van der Waals surface area contributed by atoms with Crippen LogP contribution in [0, 0.1) is 0 Å². The lowest BCUT2D eigenvalue weighted by atomic mass is 10.1. The van der Waals surface area contributed by atoms with Crippen LogP contribution in [0.25, 0.3) is 0 Å². The second-order valence-corrected chi connectivity index (χ2v) is 6.30. The Bertz CT molecular complexity index is 726. The summed E-state index contributed by atoms with van der Waals surface area (Å²) in [6, 6.07) is 9.31. The van der Waals surface area contributed by atoms with Crippen molar-refractivity contribution in [2.75, 3.05) is 37.5 Å². The van der Waals surface area contributed by atoms with E-state index in [4.69, 9.17) is 9.47 Å². The number of pyridine rings is 1. The average molecular weight is 371 g/mol. The summed E-state index contributed by atoms with van der Waals surface area (Å²) in [6.07, 6.45) is 4.23. The Hall–Kier alpha value is -2.76. The van der Waals surface area contributed by atoms with Gasteiger partial charge in [-0.2, -0.15) is 0 Å². The van der Waals surface area contributed by atoms with E-state index in [9.17, 15) is 4.79 Å². The van der Waals surface area contributed by atoms with Crippen LogP contribution in [0.4, 0.5) is 11.5 Å². The first-order valence-electron chi connectivity index (χ1n) is 9.33. The van der Waals surface area contributed by atoms with Gasteiger partial charge in [0.05, 0.1) is 32.5 Å². The van der Waals surface area contributed by atoms with Gasteiger partial charge in [-0.1, -0.05) is 19.9 Å². The minimum absolute atomic E-state index is 0.124. The standard InChI is InChI=1S/C21H29N3O3/c1-5-11-24(12-6-2)17-8-10-20(22-15-17)23-21(25)14-16-7-9-18(26-3)19(13-16)27-4/h7-10,13,15H,5-6,11-12,14H2,1-4H3,(H,22,23,25). The molecule has 0 aliphatic carbocycles. The Balaban J connectivity index is 1.99. The molecule has 0 atom stereocenters. The molecule has 2 aromatic rings. The number of ether oxygens (including phenoxy) is 2. The smallest absolute Gasteiger partial charge is 0.229 e. The van der Waals surface area contributed by atoms with Crippen LogP contribution in [-0.2, 0) is 11.2 Å². The van der Waals surface area contributed by atoms with E-state index in [0.717, 1.165) is 37.2 Å². The van der Waals surface area contributed by atoms with Crippen LogP contribution in [0.1, 0.15) is 32.3 Å². The van der Waals surface area contributed by atoms with Crippen molar-refractivity contribution < 1.29 is 14.3 Å². The monoisotopic (exact) mass is 371 g/mol. The van der Waals surface area contributed by atoms with Gasteiger partial charge in [-0.25, -0.2) is 4.98 Å². The number of methoxy groups -OCH3 is 2. The molecule has 0 saturated heterocycles. The Morgan fingerprint density at radius 2 is 1.74 bits per heavy atom. The maximum Gasteiger partial charge on any atom is 0.229 e. The molecule has 0 bridgehead atoms. The molecule has 0 unspecified atom stereocenters. The van der Waals surface area contributed by atoms with Crippen LogP contribution in [-0.4, -0.2) is 38.2 Å². The summed E-state index contributed by atoms with van der Waals surface area (Å²) in [4.78, 5) is 19.0. The predicted octanol–water partition coefficient (Wildman–Crippen LogP) is 3.91. The maximum absolute atomic E-state index is 12.3. The van der Waals surface area contributed by atoms with Gasteiger partial charge >= 0.3 is 0 Å². The number of rotatable bonds is 10. The molecule has 0 aliphatic heterocycles. The first-order chi connectivity index (χ1) is 13.1. The molecule has 1 amide bonds. The Labute approximate surface area is 161 Å². The average Bonchev–Trinajstić information content (AvgIpc) is 2.68. The fourth-order valence-electron chi connectivity index (χ4n) is 2.92. The van der Waals surface area contributed by atoms with Gasteiger partial charge in [-0.3, -0.25) is 4.79 Å². The summed E-state index contributed by atoms with van der Waals surface area (Å²) in [7, 11) is 3.16. The van der Waals surface area contributed by atoms with Crippen molar-refractivity contribution in [1.29, 1.82) is 0 Å². The number of nitrogens with one attached hydrogen (secondary N) is 1. The van der Waals surface area contributed by atoms with E-state index in [0.29, 0.717) is 17.3 Å². The van der Waals surface area contributed by atoms with E-state index < -0.39 is 0 Å². The molecule has 2 rings (SSSR count). The van der Waals surface area contributed by atoms with Crippen molar-refractivity contribution in [3.63, 3.8) is 0 Å². The molecule has 0 spiro atoms. The molecule has 6 nitrogen and oxygen atoms in total. The first kappa shape index (κ1) is 20.6. The molecule has 0 saturated carbocycles.